The Balaban J connectivity index is 1.90. The summed E-state index contributed by atoms with van der Waals surface area (Å²) in [5, 5.41) is 3.82. The molecule has 1 aromatic carbocycles. The molecule has 1 aromatic heterocycles. The largest absolute Gasteiger partial charge is 0.307 e. The first kappa shape index (κ1) is 15.1. The molecule has 0 saturated heterocycles. The zero-order valence-corrected chi connectivity index (χ0v) is 13.3. The molecule has 0 saturated carbocycles. The molecule has 0 fully saturated rings. The number of amides is 1. The van der Waals surface area contributed by atoms with E-state index in [0.717, 1.165) is 22.4 Å². The fourth-order valence-corrected chi connectivity index (χ4v) is 2.98. The molecule has 1 atom stereocenters. The molecule has 0 bridgehead atoms. The van der Waals surface area contributed by atoms with Crippen LogP contribution in [0.2, 0.25) is 10.0 Å². The molecule has 1 aliphatic heterocycles. The molecular weight excluding hydrogens is 325 g/mol. The van der Waals surface area contributed by atoms with Gasteiger partial charge in [0.15, 0.2) is 0 Å². The Morgan fingerprint density at radius 3 is 2.86 bits per heavy atom. The Morgan fingerprint density at radius 1 is 1.36 bits per heavy atom. The van der Waals surface area contributed by atoms with Crippen molar-refractivity contribution in [3.8, 4) is 0 Å². The van der Waals surface area contributed by atoms with Crippen molar-refractivity contribution in [3.63, 3.8) is 0 Å². The number of nitrogens with zero attached hydrogens (tertiary/aromatic N) is 3. The van der Waals surface area contributed by atoms with Crippen molar-refractivity contribution in [1.82, 2.24) is 9.78 Å². The summed E-state index contributed by atoms with van der Waals surface area (Å²) in [5.74, 6) is -0.203. The maximum Gasteiger partial charge on any atom is 0.287 e. The molecule has 0 spiro atoms. The molecule has 1 aliphatic rings. The van der Waals surface area contributed by atoms with Crippen LogP contribution in [0.4, 0.5) is 5.69 Å². The number of aromatic nitrogens is 2. The quantitative estimate of drug-likeness (QED) is 0.846. The van der Waals surface area contributed by atoms with Crippen LogP contribution in [0.15, 0.2) is 35.3 Å². The highest BCUT2D eigenvalue weighted by molar-refractivity contribution is 6.41. The summed E-state index contributed by atoms with van der Waals surface area (Å²) in [6.07, 6.45) is 2.06. The van der Waals surface area contributed by atoms with Crippen LogP contribution in [0, 0.1) is 0 Å². The number of anilines is 1. The highest BCUT2D eigenvalue weighted by Gasteiger charge is 2.30. The van der Waals surface area contributed by atoms with E-state index in [0.29, 0.717) is 0 Å². The van der Waals surface area contributed by atoms with E-state index in [1.807, 2.05) is 31.2 Å². The van der Waals surface area contributed by atoms with Crippen molar-refractivity contribution in [3.05, 3.63) is 56.4 Å². The number of fused-ring (bicyclic) bond motifs is 1. The van der Waals surface area contributed by atoms with Crippen LogP contribution in [0.5, 0.6) is 0 Å². The van der Waals surface area contributed by atoms with Crippen molar-refractivity contribution < 1.29 is 4.79 Å². The van der Waals surface area contributed by atoms with E-state index in [9.17, 15) is 9.59 Å². The predicted octanol–water partition coefficient (Wildman–Crippen LogP) is 2.53. The Morgan fingerprint density at radius 2 is 2.09 bits per heavy atom. The predicted molar refractivity (Wildman–Crippen MR) is 85.6 cm³/mol. The molecule has 0 radical (unpaired) electrons. The van der Waals surface area contributed by atoms with Gasteiger partial charge in [-0.3, -0.25) is 9.59 Å². The number of rotatable bonds is 2. The lowest BCUT2D eigenvalue weighted by Gasteiger charge is -2.22. The molecule has 0 N–H and O–H groups in total. The minimum absolute atomic E-state index is 0.0448. The average Bonchev–Trinajstić information content (AvgIpc) is 2.83. The molecular formula is C15H13Cl2N3O2. The van der Waals surface area contributed by atoms with Crippen LogP contribution in [0.1, 0.15) is 12.5 Å². The number of hydrogen-bond acceptors (Lipinski definition) is 3. The number of para-hydroxylation sites is 1. The molecule has 7 heteroatoms. The molecule has 3 rings (SSSR count). The van der Waals surface area contributed by atoms with Crippen LogP contribution in [-0.4, -0.2) is 21.7 Å². The van der Waals surface area contributed by atoms with Crippen molar-refractivity contribution in [2.75, 3.05) is 4.90 Å². The van der Waals surface area contributed by atoms with Crippen molar-refractivity contribution >= 4 is 34.8 Å². The second-order valence-electron chi connectivity index (χ2n) is 5.21. The maximum absolute atomic E-state index is 12.6. The highest BCUT2D eigenvalue weighted by atomic mass is 35.5. The van der Waals surface area contributed by atoms with E-state index in [1.54, 1.807) is 4.90 Å². The topological polar surface area (TPSA) is 55.2 Å². The number of halogens is 2. The first-order valence-electron chi connectivity index (χ1n) is 6.80. The Kier molecular flexibility index (Phi) is 3.93. The van der Waals surface area contributed by atoms with Crippen molar-refractivity contribution in [2.24, 2.45) is 0 Å². The summed E-state index contributed by atoms with van der Waals surface area (Å²) in [7, 11) is 0. The van der Waals surface area contributed by atoms with Gasteiger partial charge in [-0.1, -0.05) is 41.4 Å². The molecule has 2 aromatic rings. The lowest BCUT2D eigenvalue weighted by atomic mass is 10.1. The van der Waals surface area contributed by atoms with Gasteiger partial charge in [-0.25, -0.2) is 4.68 Å². The first-order chi connectivity index (χ1) is 10.5. The van der Waals surface area contributed by atoms with E-state index in [1.165, 1.54) is 6.20 Å². The van der Waals surface area contributed by atoms with Crippen LogP contribution in [0.25, 0.3) is 0 Å². The summed E-state index contributed by atoms with van der Waals surface area (Å²) < 4.78 is 1.03. The van der Waals surface area contributed by atoms with Gasteiger partial charge in [0.1, 0.15) is 11.6 Å². The molecule has 1 amide bonds. The van der Waals surface area contributed by atoms with Crippen LogP contribution < -0.4 is 10.5 Å². The van der Waals surface area contributed by atoms with Gasteiger partial charge in [0.05, 0.1) is 11.2 Å². The van der Waals surface area contributed by atoms with Crippen molar-refractivity contribution in [2.45, 2.75) is 25.9 Å². The number of carbonyl (C=O) groups excluding carboxylic acids is 1. The van der Waals surface area contributed by atoms with Crippen LogP contribution in [0.3, 0.4) is 0 Å². The monoisotopic (exact) mass is 337 g/mol. The summed E-state index contributed by atoms with van der Waals surface area (Å²) in [6, 6.07) is 7.79. The molecule has 22 heavy (non-hydrogen) atoms. The minimum atomic E-state index is -0.567. The lowest BCUT2D eigenvalue weighted by Crippen LogP contribution is -2.40. The Bertz CT molecular complexity index is 804. The van der Waals surface area contributed by atoms with Gasteiger partial charge in [-0.15, -0.1) is 0 Å². The standard InChI is InChI=1S/C15H13Cl2N3O2/c1-9-6-10-4-2-3-5-12(10)20(9)13(21)8-19-15(22)14(17)11(16)7-18-19/h2-5,7,9H,6,8H2,1H3/t9-/m0/s1. The normalized spacial score (nSPS) is 16.7. The van der Waals surface area contributed by atoms with E-state index in [4.69, 9.17) is 23.2 Å². The highest BCUT2D eigenvalue weighted by Crippen LogP contribution is 2.31. The molecule has 0 unspecified atom stereocenters. The smallest absolute Gasteiger partial charge is 0.287 e. The third-order valence-electron chi connectivity index (χ3n) is 3.70. The third kappa shape index (κ3) is 2.51. The van der Waals surface area contributed by atoms with E-state index >= 15 is 0 Å². The Labute approximate surface area is 137 Å². The average molecular weight is 338 g/mol. The SMILES string of the molecule is C[C@H]1Cc2ccccc2N1C(=O)Cn1ncc(Cl)c(Cl)c1=O. The Hall–Kier alpha value is -1.85. The summed E-state index contributed by atoms with van der Waals surface area (Å²) >= 11 is 11.5. The zero-order valence-electron chi connectivity index (χ0n) is 11.8. The first-order valence-corrected chi connectivity index (χ1v) is 7.55. The minimum Gasteiger partial charge on any atom is -0.307 e. The number of carbonyl (C=O) groups is 1. The molecule has 2 heterocycles. The molecule has 0 aliphatic carbocycles. The maximum atomic E-state index is 12.6. The fraction of sp³-hybridized carbons (Fsp3) is 0.267. The van der Waals surface area contributed by atoms with Gasteiger partial charge in [-0.2, -0.15) is 5.10 Å². The van der Waals surface area contributed by atoms with E-state index < -0.39 is 5.56 Å². The second kappa shape index (κ2) is 5.74. The van der Waals surface area contributed by atoms with Gasteiger partial charge in [0.2, 0.25) is 5.91 Å². The van der Waals surface area contributed by atoms with Gasteiger partial charge < -0.3 is 4.90 Å². The van der Waals surface area contributed by atoms with Gasteiger partial charge in [0.25, 0.3) is 5.56 Å². The fourth-order valence-electron chi connectivity index (χ4n) is 2.71. The lowest BCUT2D eigenvalue weighted by molar-refractivity contribution is -0.119. The van der Waals surface area contributed by atoms with Crippen LogP contribution >= 0.6 is 23.2 Å². The molecule has 5 nitrogen and oxygen atoms in total. The van der Waals surface area contributed by atoms with Crippen LogP contribution in [-0.2, 0) is 17.8 Å². The number of benzene rings is 1. The third-order valence-corrected chi connectivity index (χ3v) is 4.45. The zero-order chi connectivity index (χ0) is 15.9. The van der Waals surface area contributed by atoms with E-state index in [2.05, 4.69) is 5.10 Å². The van der Waals surface area contributed by atoms with E-state index in [-0.39, 0.29) is 28.5 Å². The van der Waals surface area contributed by atoms with Gasteiger partial charge in [-0.05, 0) is 25.0 Å². The van der Waals surface area contributed by atoms with Crippen molar-refractivity contribution in [1.29, 1.82) is 0 Å². The van der Waals surface area contributed by atoms with Gasteiger partial charge in [0, 0.05) is 11.7 Å². The summed E-state index contributed by atoms with van der Waals surface area (Å²) in [5.41, 5.74) is 1.44. The molecule has 114 valence electrons. The second-order valence-corrected chi connectivity index (χ2v) is 6.00. The summed E-state index contributed by atoms with van der Waals surface area (Å²) in [6.45, 7) is 1.80. The summed E-state index contributed by atoms with van der Waals surface area (Å²) in [4.78, 5) is 26.3. The number of hydrogen-bond donors (Lipinski definition) is 0. The van der Waals surface area contributed by atoms with Gasteiger partial charge >= 0.3 is 0 Å².